The number of thioether (sulfide) groups is 1. The third-order valence-corrected chi connectivity index (χ3v) is 5.98. The second-order valence-electron chi connectivity index (χ2n) is 6.74. The van der Waals surface area contributed by atoms with E-state index in [9.17, 15) is 4.79 Å². The Hall–Kier alpha value is -2.22. The molecule has 0 bridgehead atoms. The number of unbranched alkanes of at least 4 members (excludes halogenated alkanes) is 1. The quantitative estimate of drug-likeness (QED) is 0.278. The molecule has 0 atom stereocenters. The van der Waals surface area contributed by atoms with E-state index < -0.39 is 0 Å². The lowest BCUT2D eigenvalue weighted by atomic mass is 10.2. The molecular formula is C22H24Cl2N4O2S. The molecule has 31 heavy (non-hydrogen) atoms. The van der Waals surface area contributed by atoms with Gasteiger partial charge in [0.2, 0.25) is 5.91 Å². The molecule has 1 aromatic heterocycles. The summed E-state index contributed by atoms with van der Waals surface area (Å²) in [6.45, 7) is 5.55. The Labute approximate surface area is 196 Å². The fourth-order valence-corrected chi connectivity index (χ4v) is 3.98. The first-order valence-electron chi connectivity index (χ1n) is 10.1. The van der Waals surface area contributed by atoms with Crippen LogP contribution in [0.4, 0.5) is 5.69 Å². The van der Waals surface area contributed by atoms with Crippen LogP contribution in [0, 0.1) is 0 Å². The monoisotopic (exact) mass is 478 g/mol. The molecule has 3 aromatic rings. The van der Waals surface area contributed by atoms with Gasteiger partial charge in [-0.2, -0.15) is 0 Å². The lowest BCUT2D eigenvalue weighted by molar-refractivity contribution is -0.113. The van der Waals surface area contributed by atoms with Crippen LogP contribution in [0.5, 0.6) is 5.75 Å². The summed E-state index contributed by atoms with van der Waals surface area (Å²) in [5.41, 5.74) is 1.43. The fraction of sp³-hybridized carbons (Fsp3) is 0.318. The first kappa shape index (κ1) is 23.4. The van der Waals surface area contributed by atoms with E-state index in [1.165, 1.54) is 11.8 Å². The summed E-state index contributed by atoms with van der Waals surface area (Å²) in [7, 11) is 0. The van der Waals surface area contributed by atoms with Gasteiger partial charge in [-0.15, -0.1) is 10.2 Å². The zero-order valence-corrected chi connectivity index (χ0v) is 19.7. The van der Waals surface area contributed by atoms with Gasteiger partial charge in [0.15, 0.2) is 11.0 Å². The summed E-state index contributed by atoms with van der Waals surface area (Å²) in [4.78, 5) is 12.4. The normalized spacial score (nSPS) is 10.8. The standard InChI is InChI=1S/C22H24Cl2N4O2S/c1-3-5-12-30-17-9-6-15(7-10-17)21-26-27-22(28(21)4-2)31-14-20(29)25-19-13-16(23)8-11-18(19)24/h6-11,13H,3-5,12,14H2,1-2H3,(H,25,29). The minimum absolute atomic E-state index is 0.172. The molecule has 6 nitrogen and oxygen atoms in total. The second kappa shape index (κ2) is 11.4. The fourth-order valence-electron chi connectivity index (χ4n) is 2.84. The zero-order valence-electron chi connectivity index (χ0n) is 17.4. The Balaban J connectivity index is 1.64. The Morgan fingerprint density at radius 1 is 1.13 bits per heavy atom. The van der Waals surface area contributed by atoms with Gasteiger partial charge in [0.05, 0.1) is 23.1 Å². The van der Waals surface area contributed by atoms with Crippen molar-refractivity contribution >= 4 is 46.6 Å². The molecule has 1 heterocycles. The predicted molar refractivity (Wildman–Crippen MR) is 127 cm³/mol. The van der Waals surface area contributed by atoms with Crippen LogP contribution in [-0.4, -0.2) is 33.0 Å². The molecule has 0 saturated carbocycles. The minimum atomic E-state index is -0.199. The highest BCUT2D eigenvalue weighted by atomic mass is 35.5. The molecule has 0 aliphatic heterocycles. The molecule has 0 spiro atoms. The number of carbonyl (C=O) groups excluding carboxylic acids is 1. The van der Waals surface area contributed by atoms with Gasteiger partial charge in [-0.05, 0) is 55.8 Å². The molecule has 0 aliphatic carbocycles. The number of ether oxygens (including phenoxy) is 1. The summed E-state index contributed by atoms with van der Waals surface area (Å²) < 4.78 is 7.70. The molecule has 1 amide bonds. The number of hydrogen-bond acceptors (Lipinski definition) is 5. The van der Waals surface area contributed by atoms with Crippen LogP contribution in [0.2, 0.25) is 10.0 Å². The number of halogens is 2. The molecule has 0 unspecified atom stereocenters. The van der Waals surface area contributed by atoms with Crippen molar-refractivity contribution in [1.29, 1.82) is 0 Å². The molecule has 2 aromatic carbocycles. The van der Waals surface area contributed by atoms with Gasteiger partial charge in [-0.3, -0.25) is 4.79 Å². The highest BCUT2D eigenvalue weighted by Crippen LogP contribution is 2.28. The largest absolute Gasteiger partial charge is 0.494 e. The van der Waals surface area contributed by atoms with E-state index in [-0.39, 0.29) is 11.7 Å². The molecule has 0 saturated heterocycles. The third kappa shape index (κ3) is 6.38. The number of nitrogens with one attached hydrogen (secondary N) is 1. The molecule has 0 aliphatic rings. The molecule has 164 valence electrons. The van der Waals surface area contributed by atoms with Crippen LogP contribution in [0.1, 0.15) is 26.7 Å². The molecule has 1 N–H and O–H groups in total. The molecule has 0 fully saturated rings. The average molecular weight is 479 g/mol. The topological polar surface area (TPSA) is 69.0 Å². The lowest BCUT2D eigenvalue weighted by Crippen LogP contribution is -2.15. The first-order valence-corrected chi connectivity index (χ1v) is 11.8. The number of carbonyl (C=O) groups is 1. The Morgan fingerprint density at radius 3 is 2.61 bits per heavy atom. The van der Waals surface area contributed by atoms with Gasteiger partial charge >= 0.3 is 0 Å². The van der Waals surface area contributed by atoms with Gasteiger partial charge < -0.3 is 14.6 Å². The van der Waals surface area contributed by atoms with Crippen molar-refractivity contribution < 1.29 is 9.53 Å². The Bertz CT molecular complexity index is 1020. The van der Waals surface area contributed by atoms with Crippen LogP contribution < -0.4 is 10.1 Å². The lowest BCUT2D eigenvalue weighted by Gasteiger charge is -2.10. The van der Waals surface area contributed by atoms with Crippen LogP contribution in [0.25, 0.3) is 11.4 Å². The summed E-state index contributed by atoms with van der Waals surface area (Å²) >= 11 is 13.4. The average Bonchev–Trinajstić information content (AvgIpc) is 3.18. The smallest absolute Gasteiger partial charge is 0.234 e. The summed E-state index contributed by atoms with van der Waals surface area (Å²) in [5.74, 6) is 1.56. The number of nitrogens with zero attached hydrogens (tertiary/aromatic N) is 3. The molecule has 3 rings (SSSR count). The molecule has 0 radical (unpaired) electrons. The molecular weight excluding hydrogens is 455 g/mol. The van der Waals surface area contributed by atoms with Crippen molar-refractivity contribution in [3.05, 3.63) is 52.5 Å². The minimum Gasteiger partial charge on any atom is -0.494 e. The van der Waals surface area contributed by atoms with Gasteiger partial charge in [0.1, 0.15) is 5.75 Å². The Kier molecular flexibility index (Phi) is 8.63. The van der Waals surface area contributed by atoms with Crippen LogP contribution in [0.3, 0.4) is 0 Å². The van der Waals surface area contributed by atoms with Crippen LogP contribution in [0.15, 0.2) is 47.6 Å². The highest BCUT2D eigenvalue weighted by Gasteiger charge is 2.15. The van der Waals surface area contributed by atoms with E-state index in [4.69, 9.17) is 27.9 Å². The van der Waals surface area contributed by atoms with Crippen LogP contribution >= 0.6 is 35.0 Å². The van der Waals surface area contributed by atoms with E-state index in [1.807, 2.05) is 35.8 Å². The number of rotatable bonds is 10. The summed E-state index contributed by atoms with van der Waals surface area (Å²) in [6, 6.07) is 12.8. The van der Waals surface area contributed by atoms with Crippen molar-refractivity contribution in [3.8, 4) is 17.1 Å². The van der Waals surface area contributed by atoms with E-state index in [2.05, 4.69) is 22.4 Å². The third-order valence-electron chi connectivity index (χ3n) is 4.45. The number of amides is 1. The zero-order chi connectivity index (χ0) is 22.2. The second-order valence-corrected chi connectivity index (χ2v) is 8.52. The van der Waals surface area contributed by atoms with Crippen molar-refractivity contribution in [3.63, 3.8) is 0 Å². The van der Waals surface area contributed by atoms with E-state index in [0.717, 1.165) is 30.0 Å². The number of aromatic nitrogens is 3. The SMILES string of the molecule is CCCCOc1ccc(-c2nnc(SCC(=O)Nc3cc(Cl)ccc3Cl)n2CC)cc1. The van der Waals surface area contributed by atoms with E-state index in [1.54, 1.807) is 18.2 Å². The molecule has 9 heteroatoms. The van der Waals surface area contributed by atoms with Crippen LogP contribution in [-0.2, 0) is 11.3 Å². The first-order chi connectivity index (χ1) is 15.0. The van der Waals surface area contributed by atoms with Crippen molar-refractivity contribution in [2.24, 2.45) is 0 Å². The summed E-state index contributed by atoms with van der Waals surface area (Å²) in [5, 5.41) is 13.0. The Morgan fingerprint density at radius 2 is 1.90 bits per heavy atom. The van der Waals surface area contributed by atoms with Gasteiger partial charge in [-0.1, -0.05) is 48.3 Å². The maximum Gasteiger partial charge on any atom is 0.234 e. The van der Waals surface area contributed by atoms with Gasteiger partial charge in [-0.25, -0.2) is 0 Å². The van der Waals surface area contributed by atoms with Gasteiger partial charge in [0, 0.05) is 17.1 Å². The predicted octanol–water partition coefficient (Wildman–Crippen LogP) is 6.18. The van der Waals surface area contributed by atoms with Crippen molar-refractivity contribution in [2.45, 2.75) is 38.4 Å². The van der Waals surface area contributed by atoms with E-state index >= 15 is 0 Å². The number of benzene rings is 2. The number of anilines is 1. The summed E-state index contributed by atoms with van der Waals surface area (Å²) in [6.07, 6.45) is 2.13. The highest BCUT2D eigenvalue weighted by molar-refractivity contribution is 7.99. The van der Waals surface area contributed by atoms with Gasteiger partial charge in [0.25, 0.3) is 0 Å². The van der Waals surface area contributed by atoms with Crippen molar-refractivity contribution in [2.75, 3.05) is 17.7 Å². The number of hydrogen-bond donors (Lipinski definition) is 1. The van der Waals surface area contributed by atoms with Crippen molar-refractivity contribution in [1.82, 2.24) is 14.8 Å². The maximum absolute atomic E-state index is 12.4. The maximum atomic E-state index is 12.4. The van der Waals surface area contributed by atoms with E-state index in [0.29, 0.717) is 34.0 Å².